The third-order valence-electron chi connectivity index (χ3n) is 7.16. The topological polar surface area (TPSA) is 117 Å². The van der Waals surface area contributed by atoms with Gasteiger partial charge in [0.15, 0.2) is 0 Å². The van der Waals surface area contributed by atoms with Crippen LogP contribution in [0.2, 0.25) is 0 Å². The average molecular weight is 470 g/mol. The monoisotopic (exact) mass is 469 g/mol. The molecule has 7 heteroatoms. The van der Waals surface area contributed by atoms with E-state index in [9.17, 15) is 9.90 Å². The minimum atomic E-state index is -0.239. The van der Waals surface area contributed by atoms with E-state index < -0.39 is 0 Å². The molecule has 4 aromatic rings. The van der Waals surface area contributed by atoms with Gasteiger partial charge in [-0.1, -0.05) is 36.4 Å². The number of benzene rings is 2. The van der Waals surface area contributed by atoms with Gasteiger partial charge in [-0.25, -0.2) is 0 Å². The summed E-state index contributed by atoms with van der Waals surface area (Å²) in [5, 5.41) is 20.6. The number of nitrogens with one attached hydrogen (secondary N) is 2. The van der Waals surface area contributed by atoms with E-state index in [0.717, 1.165) is 53.6 Å². The molecule has 5 N–H and O–H groups in total. The second-order valence-electron chi connectivity index (χ2n) is 9.48. The summed E-state index contributed by atoms with van der Waals surface area (Å²) in [6.07, 6.45) is 6.24. The van der Waals surface area contributed by atoms with Crippen molar-refractivity contribution in [1.82, 2.24) is 20.5 Å². The summed E-state index contributed by atoms with van der Waals surface area (Å²) in [5.41, 5.74) is 10.5. The molecule has 1 amide bonds. The largest absolute Gasteiger partial charge is 0.492 e. The number of aromatic hydroxyl groups is 1. The van der Waals surface area contributed by atoms with Crippen LogP contribution in [0, 0.1) is 11.8 Å². The first-order valence-electron chi connectivity index (χ1n) is 12.3. The highest BCUT2D eigenvalue weighted by molar-refractivity contribution is 5.88. The molecule has 2 heterocycles. The summed E-state index contributed by atoms with van der Waals surface area (Å²) >= 11 is 0. The van der Waals surface area contributed by atoms with Gasteiger partial charge in [0.1, 0.15) is 0 Å². The summed E-state index contributed by atoms with van der Waals surface area (Å²) in [6, 6.07) is 19.7. The Morgan fingerprint density at radius 2 is 1.83 bits per heavy atom. The molecule has 1 unspecified atom stereocenters. The summed E-state index contributed by atoms with van der Waals surface area (Å²) in [7, 11) is 0. The van der Waals surface area contributed by atoms with Crippen LogP contribution < -0.4 is 11.1 Å². The fourth-order valence-corrected chi connectivity index (χ4v) is 5.03. The minimum Gasteiger partial charge on any atom is -0.492 e. The maximum absolute atomic E-state index is 13.3. The van der Waals surface area contributed by atoms with Gasteiger partial charge in [0.2, 0.25) is 11.8 Å². The molecule has 180 valence electrons. The van der Waals surface area contributed by atoms with Gasteiger partial charge in [-0.3, -0.25) is 14.9 Å². The van der Waals surface area contributed by atoms with E-state index >= 15 is 0 Å². The molecule has 0 bridgehead atoms. The highest BCUT2D eigenvalue weighted by Crippen LogP contribution is 2.31. The predicted molar refractivity (Wildman–Crippen MR) is 137 cm³/mol. The van der Waals surface area contributed by atoms with Crippen LogP contribution in [0.5, 0.6) is 5.88 Å². The van der Waals surface area contributed by atoms with Gasteiger partial charge in [0.05, 0.1) is 22.6 Å². The highest BCUT2D eigenvalue weighted by Gasteiger charge is 2.28. The van der Waals surface area contributed by atoms with E-state index in [1.54, 1.807) is 6.20 Å². The Morgan fingerprint density at radius 3 is 2.60 bits per heavy atom. The van der Waals surface area contributed by atoms with Crippen LogP contribution in [-0.2, 0) is 11.2 Å². The number of hydrogen-bond donors (Lipinski definition) is 4. The third kappa shape index (κ3) is 5.20. The van der Waals surface area contributed by atoms with Crippen LogP contribution in [0.3, 0.4) is 0 Å². The number of H-pyrrole nitrogens is 1. The zero-order chi connectivity index (χ0) is 24.2. The fraction of sp³-hybridized carbons (Fsp3) is 0.321. The SMILES string of the molecule is NC[C@H]1CC[C@H](C(=O)NC(Cc2ccccc2)c2cc(-c3ccc4c(O)n[nH]c4c3)ccn2)CC1. The summed E-state index contributed by atoms with van der Waals surface area (Å²) in [4.78, 5) is 17.9. The van der Waals surface area contributed by atoms with Crippen molar-refractivity contribution in [1.29, 1.82) is 0 Å². The van der Waals surface area contributed by atoms with Crippen molar-refractivity contribution in [3.05, 3.63) is 78.1 Å². The Hall–Kier alpha value is -3.71. The van der Waals surface area contributed by atoms with Crippen molar-refractivity contribution in [3.8, 4) is 17.0 Å². The molecule has 1 saturated carbocycles. The highest BCUT2D eigenvalue weighted by atomic mass is 16.3. The van der Waals surface area contributed by atoms with E-state index in [1.165, 1.54) is 0 Å². The number of carbonyl (C=O) groups excluding carboxylic acids is 1. The van der Waals surface area contributed by atoms with Crippen LogP contribution in [0.25, 0.3) is 22.0 Å². The number of fused-ring (bicyclic) bond motifs is 1. The summed E-state index contributed by atoms with van der Waals surface area (Å²) < 4.78 is 0. The van der Waals surface area contributed by atoms with Gasteiger partial charge >= 0.3 is 0 Å². The molecule has 0 saturated heterocycles. The molecule has 35 heavy (non-hydrogen) atoms. The molecule has 1 atom stereocenters. The number of aromatic amines is 1. The average Bonchev–Trinajstić information content (AvgIpc) is 3.29. The van der Waals surface area contributed by atoms with E-state index in [4.69, 9.17) is 5.73 Å². The predicted octanol–water partition coefficient (Wildman–Crippen LogP) is 4.50. The first-order valence-corrected chi connectivity index (χ1v) is 12.3. The number of nitrogens with zero attached hydrogens (tertiary/aromatic N) is 2. The van der Waals surface area contributed by atoms with Crippen molar-refractivity contribution in [2.24, 2.45) is 17.6 Å². The lowest BCUT2D eigenvalue weighted by atomic mass is 9.81. The second-order valence-corrected chi connectivity index (χ2v) is 9.48. The van der Waals surface area contributed by atoms with Crippen LogP contribution in [-0.4, -0.2) is 32.7 Å². The molecule has 1 aliphatic rings. The van der Waals surface area contributed by atoms with Gasteiger partial charge < -0.3 is 16.2 Å². The Labute approximate surface area is 204 Å². The second kappa shape index (κ2) is 10.3. The quantitative estimate of drug-likeness (QED) is 0.318. The minimum absolute atomic E-state index is 0.00639. The Morgan fingerprint density at radius 1 is 1.06 bits per heavy atom. The molecule has 2 aromatic carbocycles. The summed E-state index contributed by atoms with van der Waals surface area (Å²) in [6.45, 7) is 0.700. The molecular formula is C28H31N5O2. The van der Waals surface area contributed by atoms with Gasteiger partial charge in [-0.2, -0.15) is 0 Å². The molecule has 0 spiro atoms. The Bertz CT molecular complexity index is 1300. The number of amides is 1. The third-order valence-corrected chi connectivity index (χ3v) is 7.16. The molecule has 1 aliphatic carbocycles. The van der Waals surface area contributed by atoms with Gasteiger partial charge in [0.25, 0.3) is 0 Å². The summed E-state index contributed by atoms with van der Waals surface area (Å²) in [5.74, 6) is 0.650. The van der Waals surface area contributed by atoms with Crippen molar-refractivity contribution in [3.63, 3.8) is 0 Å². The molecular weight excluding hydrogens is 438 g/mol. The van der Waals surface area contributed by atoms with Gasteiger partial charge in [-0.15, -0.1) is 5.10 Å². The lowest BCUT2D eigenvalue weighted by Crippen LogP contribution is -2.37. The zero-order valence-electron chi connectivity index (χ0n) is 19.7. The van der Waals surface area contributed by atoms with E-state index in [2.05, 4.69) is 32.6 Å². The number of rotatable bonds is 7. The van der Waals surface area contributed by atoms with Gasteiger partial charge in [0, 0.05) is 12.1 Å². The maximum Gasteiger partial charge on any atom is 0.238 e. The van der Waals surface area contributed by atoms with Crippen molar-refractivity contribution < 1.29 is 9.90 Å². The zero-order valence-corrected chi connectivity index (χ0v) is 19.7. The molecule has 5 rings (SSSR count). The maximum atomic E-state index is 13.3. The normalized spacial score (nSPS) is 18.9. The van der Waals surface area contributed by atoms with Crippen molar-refractivity contribution >= 4 is 16.8 Å². The lowest BCUT2D eigenvalue weighted by Gasteiger charge is -2.28. The van der Waals surface area contributed by atoms with Gasteiger partial charge in [-0.05, 0) is 85.5 Å². The van der Waals surface area contributed by atoms with Crippen LogP contribution in [0.4, 0.5) is 0 Å². The smallest absolute Gasteiger partial charge is 0.238 e. The first kappa shape index (κ1) is 23.1. The fourth-order valence-electron chi connectivity index (χ4n) is 5.03. The number of nitrogens with two attached hydrogens (primary N) is 1. The molecule has 0 radical (unpaired) electrons. The molecule has 0 aliphatic heterocycles. The standard InChI is InChI=1S/C28H31N5O2/c29-17-19-6-8-20(9-7-19)27(34)31-26(14-18-4-2-1-3-5-18)25-16-22(12-13-30-25)21-10-11-23-24(15-21)32-33-28(23)35/h1-5,10-13,15-16,19-20,26H,6-9,14,17,29H2,(H,31,34)(H2,32,33,35)/t19-,20-,26?. The van der Waals surface area contributed by atoms with Crippen LogP contribution in [0.15, 0.2) is 66.9 Å². The molecule has 2 aromatic heterocycles. The van der Waals surface area contributed by atoms with E-state index in [1.807, 2.05) is 48.5 Å². The van der Waals surface area contributed by atoms with E-state index in [0.29, 0.717) is 24.3 Å². The van der Waals surface area contributed by atoms with Crippen molar-refractivity contribution in [2.45, 2.75) is 38.1 Å². The van der Waals surface area contributed by atoms with Crippen LogP contribution >= 0.6 is 0 Å². The molecule has 7 nitrogen and oxygen atoms in total. The Kier molecular flexibility index (Phi) is 6.77. The van der Waals surface area contributed by atoms with Crippen molar-refractivity contribution in [2.75, 3.05) is 6.54 Å². The van der Waals surface area contributed by atoms with E-state index in [-0.39, 0.29) is 23.7 Å². The van der Waals surface area contributed by atoms with Crippen LogP contribution in [0.1, 0.15) is 43.0 Å². The number of aromatic nitrogens is 3. The Balaban J connectivity index is 1.41. The first-order chi connectivity index (χ1) is 17.1. The lowest BCUT2D eigenvalue weighted by molar-refractivity contribution is -0.127. The number of hydrogen-bond acceptors (Lipinski definition) is 5. The number of pyridine rings is 1. The molecule has 1 fully saturated rings. The number of carbonyl (C=O) groups is 1.